The van der Waals surface area contributed by atoms with Gasteiger partial charge in [-0.15, -0.1) is 0 Å². The Bertz CT molecular complexity index is 286. The molecule has 0 bridgehead atoms. The number of likely N-dealkylation sites (N-methyl/N-ethyl adjacent to an activating group) is 1. The molecule has 4 nitrogen and oxygen atoms in total. The van der Waals surface area contributed by atoms with Gasteiger partial charge in [0.05, 0.1) is 6.07 Å². The van der Waals surface area contributed by atoms with Crippen LogP contribution in [-0.2, 0) is 0 Å². The van der Waals surface area contributed by atoms with E-state index in [9.17, 15) is 5.26 Å². The molecular formula is C15H30N4. The van der Waals surface area contributed by atoms with E-state index >= 15 is 0 Å². The van der Waals surface area contributed by atoms with Gasteiger partial charge in [-0.2, -0.15) is 5.26 Å². The fourth-order valence-electron chi connectivity index (χ4n) is 2.56. The van der Waals surface area contributed by atoms with Gasteiger partial charge in [-0.3, -0.25) is 5.32 Å². The summed E-state index contributed by atoms with van der Waals surface area (Å²) in [6.45, 7) is 11.0. The summed E-state index contributed by atoms with van der Waals surface area (Å²) in [6, 6.07) is 2.43. The van der Waals surface area contributed by atoms with Gasteiger partial charge in [-0.25, -0.2) is 0 Å². The number of rotatable bonds is 7. The van der Waals surface area contributed by atoms with E-state index in [1.54, 1.807) is 0 Å². The summed E-state index contributed by atoms with van der Waals surface area (Å²) in [5.74, 6) is 0. The van der Waals surface area contributed by atoms with Crippen molar-refractivity contribution in [2.75, 3.05) is 46.3 Å². The molecule has 4 heteroatoms. The molecule has 0 aromatic carbocycles. The highest BCUT2D eigenvalue weighted by Crippen LogP contribution is 2.12. The van der Waals surface area contributed by atoms with E-state index in [0.29, 0.717) is 0 Å². The Morgan fingerprint density at radius 1 is 1.26 bits per heavy atom. The Labute approximate surface area is 118 Å². The summed E-state index contributed by atoms with van der Waals surface area (Å²) in [5, 5.41) is 12.7. The molecule has 0 aliphatic carbocycles. The Morgan fingerprint density at radius 3 is 2.74 bits per heavy atom. The molecule has 1 aliphatic rings. The Balaban J connectivity index is 2.26. The molecule has 0 spiro atoms. The van der Waals surface area contributed by atoms with E-state index in [1.807, 2.05) is 6.92 Å². The lowest BCUT2D eigenvalue weighted by molar-refractivity contribution is 0.261. The van der Waals surface area contributed by atoms with Crippen LogP contribution in [0.4, 0.5) is 0 Å². The number of hydrogen-bond donors (Lipinski definition) is 1. The molecular weight excluding hydrogens is 236 g/mol. The molecule has 1 unspecified atom stereocenters. The molecule has 1 aliphatic heterocycles. The van der Waals surface area contributed by atoms with Gasteiger partial charge in [0.2, 0.25) is 0 Å². The van der Waals surface area contributed by atoms with Crippen LogP contribution in [0, 0.1) is 11.3 Å². The maximum Gasteiger partial charge on any atom is 0.103 e. The standard InChI is InChI=1S/C15H30N4/c1-4-8-17-15(2,14-16)7-5-10-19-11-6-9-18(3)12-13-19/h17H,4-13H2,1-3H3. The highest BCUT2D eigenvalue weighted by Gasteiger charge is 2.22. The monoisotopic (exact) mass is 266 g/mol. The zero-order valence-corrected chi connectivity index (χ0v) is 12.9. The first-order chi connectivity index (χ1) is 9.09. The van der Waals surface area contributed by atoms with Gasteiger partial charge in [-0.1, -0.05) is 6.92 Å². The summed E-state index contributed by atoms with van der Waals surface area (Å²) in [4.78, 5) is 4.95. The van der Waals surface area contributed by atoms with Crippen molar-refractivity contribution in [1.29, 1.82) is 5.26 Å². The molecule has 110 valence electrons. The van der Waals surface area contributed by atoms with Crippen LogP contribution in [0.5, 0.6) is 0 Å². The van der Waals surface area contributed by atoms with Gasteiger partial charge in [0.1, 0.15) is 5.54 Å². The molecule has 0 saturated carbocycles. The third-order valence-electron chi connectivity index (χ3n) is 3.98. The van der Waals surface area contributed by atoms with Crippen molar-refractivity contribution in [3.8, 4) is 6.07 Å². The first-order valence-corrected chi connectivity index (χ1v) is 7.67. The molecule has 1 atom stereocenters. The number of nitrogens with zero attached hydrogens (tertiary/aromatic N) is 3. The van der Waals surface area contributed by atoms with Crippen LogP contribution in [0.25, 0.3) is 0 Å². The molecule has 0 aromatic rings. The van der Waals surface area contributed by atoms with Crippen molar-refractivity contribution >= 4 is 0 Å². The van der Waals surface area contributed by atoms with Crippen molar-refractivity contribution in [1.82, 2.24) is 15.1 Å². The topological polar surface area (TPSA) is 42.3 Å². The first-order valence-electron chi connectivity index (χ1n) is 7.67. The molecule has 19 heavy (non-hydrogen) atoms. The van der Waals surface area contributed by atoms with Crippen molar-refractivity contribution in [3.63, 3.8) is 0 Å². The first kappa shape index (κ1) is 16.4. The fraction of sp³-hybridized carbons (Fsp3) is 0.933. The van der Waals surface area contributed by atoms with Crippen molar-refractivity contribution < 1.29 is 0 Å². The van der Waals surface area contributed by atoms with Crippen molar-refractivity contribution in [2.24, 2.45) is 0 Å². The van der Waals surface area contributed by atoms with Crippen LogP contribution in [0.15, 0.2) is 0 Å². The smallest absolute Gasteiger partial charge is 0.103 e. The van der Waals surface area contributed by atoms with Gasteiger partial charge in [0.25, 0.3) is 0 Å². The molecule has 1 rings (SSSR count). The highest BCUT2D eigenvalue weighted by atomic mass is 15.2. The highest BCUT2D eigenvalue weighted by molar-refractivity contribution is 5.03. The van der Waals surface area contributed by atoms with Crippen LogP contribution in [0.3, 0.4) is 0 Å². The minimum Gasteiger partial charge on any atom is -0.305 e. The lowest BCUT2D eigenvalue weighted by atomic mass is 9.97. The third-order valence-corrected chi connectivity index (χ3v) is 3.98. The van der Waals surface area contributed by atoms with Gasteiger partial charge in [0.15, 0.2) is 0 Å². The number of nitrogens with one attached hydrogen (secondary N) is 1. The third kappa shape index (κ3) is 6.38. The van der Waals surface area contributed by atoms with Crippen LogP contribution in [0.2, 0.25) is 0 Å². The number of nitriles is 1. The minimum atomic E-state index is -0.349. The molecule has 1 N–H and O–H groups in total. The average molecular weight is 266 g/mol. The second-order valence-corrected chi connectivity index (χ2v) is 5.97. The van der Waals surface area contributed by atoms with Crippen molar-refractivity contribution in [2.45, 2.75) is 45.1 Å². The molecule has 1 saturated heterocycles. The van der Waals surface area contributed by atoms with E-state index in [2.05, 4.69) is 35.2 Å². The molecule has 0 amide bonds. The van der Waals surface area contributed by atoms with Crippen LogP contribution in [-0.4, -0.2) is 61.7 Å². The normalized spacial score (nSPS) is 21.6. The number of hydrogen-bond acceptors (Lipinski definition) is 4. The summed E-state index contributed by atoms with van der Waals surface area (Å²) >= 11 is 0. The molecule has 0 aromatic heterocycles. The second kappa shape index (κ2) is 8.52. The fourth-order valence-corrected chi connectivity index (χ4v) is 2.56. The van der Waals surface area contributed by atoms with Gasteiger partial charge in [-0.05, 0) is 65.8 Å². The summed E-state index contributed by atoms with van der Waals surface area (Å²) in [6.07, 6.45) is 4.39. The lowest BCUT2D eigenvalue weighted by Crippen LogP contribution is -2.42. The average Bonchev–Trinajstić information content (AvgIpc) is 2.61. The van der Waals surface area contributed by atoms with E-state index in [4.69, 9.17) is 0 Å². The van der Waals surface area contributed by atoms with Crippen LogP contribution in [0.1, 0.15) is 39.5 Å². The largest absolute Gasteiger partial charge is 0.305 e. The van der Waals surface area contributed by atoms with E-state index < -0.39 is 0 Å². The molecule has 0 radical (unpaired) electrons. The summed E-state index contributed by atoms with van der Waals surface area (Å²) < 4.78 is 0. The van der Waals surface area contributed by atoms with Crippen LogP contribution >= 0.6 is 0 Å². The quantitative estimate of drug-likeness (QED) is 0.761. The zero-order chi connectivity index (χ0) is 14.1. The molecule has 1 fully saturated rings. The Kier molecular flexibility index (Phi) is 7.37. The molecule has 1 heterocycles. The van der Waals surface area contributed by atoms with Gasteiger partial charge >= 0.3 is 0 Å². The predicted octanol–water partition coefficient (Wildman–Crippen LogP) is 1.69. The van der Waals surface area contributed by atoms with E-state index in [-0.39, 0.29) is 5.54 Å². The lowest BCUT2D eigenvalue weighted by Gasteiger charge is -2.25. The zero-order valence-electron chi connectivity index (χ0n) is 12.9. The maximum atomic E-state index is 9.30. The maximum absolute atomic E-state index is 9.30. The van der Waals surface area contributed by atoms with Gasteiger partial charge < -0.3 is 9.80 Å². The van der Waals surface area contributed by atoms with Crippen LogP contribution < -0.4 is 5.32 Å². The van der Waals surface area contributed by atoms with Gasteiger partial charge in [0, 0.05) is 13.1 Å². The Morgan fingerprint density at radius 2 is 2.05 bits per heavy atom. The minimum absolute atomic E-state index is 0.349. The summed E-state index contributed by atoms with van der Waals surface area (Å²) in [7, 11) is 2.20. The van der Waals surface area contributed by atoms with E-state index in [0.717, 1.165) is 32.4 Å². The Hall–Kier alpha value is -0.630. The SMILES string of the molecule is CCCNC(C)(C#N)CCCN1CCCN(C)CC1. The predicted molar refractivity (Wildman–Crippen MR) is 80.1 cm³/mol. The second-order valence-electron chi connectivity index (χ2n) is 5.97. The summed E-state index contributed by atoms with van der Waals surface area (Å²) in [5.41, 5.74) is -0.349. The van der Waals surface area contributed by atoms with Crippen molar-refractivity contribution in [3.05, 3.63) is 0 Å². The van der Waals surface area contributed by atoms with E-state index in [1.165, 1.54) is 32.6 Å².